The maximum absolute atomic E-state index is 13.3. The molecule has 10 nitrogen and oxygen atoms in total. The molecule has 11 heteroatoms. The van der Waals surface area contributed by atoms with Crippen LogP contribution >= 0.6 is 0 Å². The van der Waals surface area contributed by atoms with Crippen molar-refractivity contribution in [3.8, 4) is 0 Å². The summed E-state index contributed by atoms with van der Waals surface area (Å²) in [6.07, 6.45) is 13.4. The first-order valence-electron chi connectivity index (χ1n) is 21.0. The Labute approximate surface area is 340 Å². The van der Waals surface area contributed by atoms with Gasteiger partial charge in [0.05, 0.1) is 32.6 Å². The molecule has 3 aromatic carbocycles. The number of anilines is 3. The van der Waals surface area contributed by atoms with E-state index in [9.17, 15) is 13.2 Å². The SMILES string of the molecule is CC(=O)Nc1ccc(S(=O)(=O)N(C)c2ccc3c(c2)nc(C(C)(C)C)n3CC2CCCCC2)cc1.CNc1ccc2c(c1)nc(C(C)(C)C)n2CC1CCCCC1. The van der Waals surface area contributed by atoms with Gasteiger partial charge in [-0.15, -0.1) is 0 Å². The Hall–Kier alpha value is -4.38. The molecular weight excluding hydrogens is 731 g/mol. The Balaban J connectivity index is 0.000000214. The Kier molecular flexibility index (Phi) is 12.8. The van der Waals surface area contributed by atoms with Crippen molar-refractivity contribution in [2.45, 2.75) is 141 Å². The highest BCUT2D eigenvalue weighted by atomic mass is 32.2. The fourth-order valence-electron chi connectivity index (χ4n) is 8.58. The van der Waals surface area contributed by atoms with E-state index in [4.69, 9.17) is 9.97 Å². The third-order valence-corrected chi connectivity index (χ3v) is 13.4. The van der Waals surface area contributed by atoms with Gasteiger partial charge in [0, 0.05) is 56.3 Å². The van der Waals surface area contributed by atoms with E-state index in [1.807, 2.05) is 25.2 Å². The molecule has 2 aromatic heterocycles. The van der Waals surface area contributed by atoms with Crippen LogP contribution < -0.4 is 14.9 Å². The van der Waals surface area contributed by atoms with Gasteiger partial charge in [0.25, 0.3) is 10.0 Å². The Morgan fingerprint density at radius 1 is 0.702 bits per heavy atom. The maximum Gasteiger partial charge on any atom is 0.264 e. The molecule has 0 bridgehead atoms. The zero-order valence-electron chi connectivity index (χ0n) is 35.8. The molecule has 57 heavy (non-hydrogen) atoms. The average Bonchev–Trinajstić information content (AvgIpc) is 3.73. The van der Waals surface area contributed by atoms with E-state index >= 15 is 0 Å². The number of nitrogens with one attached hydrogen (secondary N) is 2. The summed E-state index contributed by atoms with van der Waals surface area (Å²) in [6, 6.07) is 18.5. The van der Waals surface area contributed by atoms with Crippen molar-refractivity contribution in [1.29, 1.82) is 0 Å². The van der Waals surface area contributed by atoms with E-state index in [-0.39, 0.29) is 21.6 Å². The van der Waals surface area contributed by atoms with E-state index in [1.54, 1.807) is 19.2 Å². The van der Waals surface area contributed by atoms with Crippen LogP contribution in [0.25, 0.3) is 22.1 Å². The molecule has 308 valence electrons. The Morgan fingerprint density at radius 3 is 1.61 bits per heavy atom. The number of hydrogen-bond acceptors (Lipinski definition) is 6. The van der Waals surface area contributed by atoms with E-state index in [0.29, 0.717) is 17.3 Å². The number of rotatable bonds is 9. The van der Waals surface area contributed by atoms with Gasteiger partial charge < -0.3 is 19.8 Å². The number of imidazole rings is 2. The molecule has 2 saturated carbocycles. The third-order valence-electron chi connectivity index (χ3n) is 11.6. The molecule has 5 aromatic rings. The Morgan fingerprint density at radius 2 is 1.16 bits per heavy atom. The minimum absolute atomic E-state index is 0.0769. The van der Waals surface area contributed by atoms with Crippen molar-refractivity contribution in [2.24, 2.45) is 11.8 Å². The van der Waals surface area contributed by atoms with Crippen molar-refractivity contribution in [2.75, 3.05) is 29.0 Å². The van der Waals surface area contributed by atoms with E-state index < -0.39 is 10.0 Å². The number of hydrogen-bond donors (Lipinski definition) is 2. The van der Waals surface area contributed by atoms with E-state index in [1.165, 1.54) is 98.9 Å². The van der Waals surface area contributed by atoms with Gasteiger partial charge in [0.2, 0.25) is 5.91 Å². The number of nitrogens with zero attached hydrogens (tertiary/aromatic N) is 5. The van der Waals surface area contributed by atoms with Crippen molar-refractivity contribution in [3.05, 3.63) is 72.3 Å². The van der Waals surface area contributed by atoms with Gasteiger partial charge in [-0.2, -0.15) is 0 Å². The number of aromatic nitrogens is 4. The first-order chi connectivity index (χ1) is 26.9. The van der Waals surface area contributed by atoms with Gasteiger partial charge in [-0.05, 0) is 98.2 Å². The van der Waals surface area contributed by atoms with E-state index in [2.05, 4.69) is 79.5 Å². The molecule has 0 atom stereocenters. The van der Waals surface area contributed by atoms with Crippen LogP contribution in [0.15, 0.2) is 65.6 Å². The average molecular weight is 796 g/mol. The fraction of sp³-hybridized carbons (Fsp3) is 0.543. The summed E-state index contributed by atoms with van der Waals surface area (Å²) in [4.78, 5) is 21.4. The van der Waals surface area contributed by atoms with Crippen LogP contribution in [0, 0.1) is 11.8 Å². The van der Waals surface area contributed by atoms with Gasteiger partial charge in [-0.1, -0.05) is 80.1 Å². The largest absolute Gasteiger partial charge is 0.388 e. The molecule has 2 fully saturated rings. The normalized spacial score (nSPS) is 16.0. The van der Waals surface area contributed by atoms with Gasteiger partial charge >= 0.3 is 0 Å². The van der Waals surface area contributed by atoms with Crippen LogP contribution in [0.4, 0.5) is 17.1 Å². The minimum atomic E-state index is -3.77. The van der Waals surface area contributed by atoms with Gasteiger partial charge in [0.1, 0.15) is 11.6 Å². The lowest BCUT2D eigenvalue weighted by molar-refractivity contribution is -0.114. The first-order valence-corrected chi connectivity index (χ1v) is 22.5. The highest BCUT2D eigenvalue weighted by molar-refractivity contribution is 7.92. The van der Waals surface area contributed by atoms with Crippen LogP contribution in [0.3, 0.4) is 0 Å². The smallest absolute Gasteiger partial charge is 0.264 e. The molecule has 7 rings (SSSR count). The lowest BCUT2D eigenvalue weighted by Gasteiger charge is -2.26. The van der Waals surface area contributed by atoms with Crippen LogP contribution in [0.1, 0.15) is 124 Å². The van der Waals surface area contributed by atoms with Gasteiger partial charge in [-0.3, -0.25) is 9.10 Å². The molecule has 2 heterocycles. The lowest BCUT2D eigenvalue weighted by Crippen LogP contribution is -2.26. The van der Waals surface area contributed by atoms with Crippen LogP contribution in [0.2, 0.25) is 0 Å². The molecule has 0 unspecified atom stereocenters. The summed E-state index contributed by atoms with van der Waals surface area (Å²) in [5.74, 6) is 3.53. The molecule has 1 amide bonds. The van der Waals surface area contributed by atoms with Crippen LogP contribution in [0.5, 0.6) is 0 Å². The highest BCUT2D eigenvalue weighted by Gasteiger charge is 2.28. The van der Waals surface area contributed by atoms with Crippen molar-refractivity contribution < 1.29 is 13.2 Å². The first kappa shape index (κ1) is 42.2. The second kappa shape index (κ2) is 17.2. The molecular formula is C46H65N7O3S. The monoisotopic (exact) mass is 795 g/mol. The number of carbonyl (C=O) groups excluding carboxylic acids is 1. The molecule has 2 aliphatic rings. The lowest BCUT2D eigenvalue weighted by atomic mass is 9.88. The maximum atomic E-state index is 13.3. The van der Waals surface area contributed by atoms with E-state index in [0.717, 1.165) is 47.1 Å². The molecule has 2 N–H and O–H groups in total. The van der Waals surface area contributed by atoms with Crippen molar-refractivity contribution in [3.63, 3.8) is 0 Å². The molecule has 0 aliphatic heterocycles. The summed E-state index contributed by atoms with van der Waals surface area (Å²) in [7, 11) is -0.254. The summed E-state index contributed by atoms with van der Waals surface area (Å²) < 4.78 is 32.7. The van der Waals surface area contributed by atoms with Crippen LogP contribution in [-0.2, 0) is 38.7 Å². The number of amides is 1. The summed E-state index contributed by atoms with van der Waals surface area (Å²) in [5.41, 5.74) is 6.47. The summed E-state index contributed by atoms with van der Waals surface area (Å²) >= 11 is 0. The minimum Gasteiger partial charge on any atom is -0.388 e. The third kappa shape index (κ3) is 9.85. The number of fused-ring (bicyclic) bond motifs is 2. The van der Waals surface area contributed by atoms with Gasteiger partial charge in [0.15, 0.2) is 0 Å². The Bertz CT molecular complexity index is 2260. The molecule has 0 saturated heterocycles. The number of benzene rings is 3. The van der Waals surface area contributed by atoms with Gasteiger partial charge in [-0.25, -0.2) is 18.4 Å². The van der Waals surface area contributed by atoms with Crippen LogP contribution in [-0.4, -0.2) is 47.5 Å². The molecule has 0 radical (unpaired) electrons. The zero-order valence-corrected chi connectivity index (χ0v) is 36.6. The summed E-state index contributed by atoms with van der Waals surface area (Å²) in [6.45, 7) is 16.8. The fourth-order valence-corrected chi connectivity index (χ4v) is 9.77. The summed E-state index contributed by atoms with van der Waals surface area (Å²) in [5, 5.41) is 5.87. The quantitative estimate of drug-likeness (QED) is 0.154. The predicted octanol–water partition coefficient (Wildman–Crippen LogP) is 10.7. The highest BCUT2D eigenvalue weighted by Crippen LogP contribution is 2.35. The number of carbonyl (C=O) groups is 1. The molecule has 0 spiro atoms. The van der Waals surface area contributed by atoms with Crippen molar-refractivity contribution >= 4 is 55.1 Å². The standard InChI is InChI=1S/C27H36N4O3S.C19H29N3/c1-19(32)28-21-11-14-23(15-12-21)35(33,34)30(5)22-13-16-25-24(17-22)29-26(27(2,3)4)31(25)18-20-9-7-6-8-10-20;1-19(2,3)18-21-16-12-15(20-4)10-11-17(16)22(18)13-14-8-6-5-7-9-14/h11-17,20H,6-10,18H2,1-5H3,(H,28,32);10-12,14,20H,5-9,13H2,1-4H3. The predicted molar refractivity (Wildman–Crippen MR) is 236 cm³/mol. The second-order valence-corrected chi connectivity index (χ2v) is 20.4. The topological polar surface area (TPSA) is 114 Å². The van der Waals surface area contributed by atoms with Crippen molar-refractivity contribution in [1.82, 2.24) is 19.1 Å². The number of sulfonamides is 1. The second-order valence-electron chi connectivity index (χ2n) is 18.4. The molecule has 2 aliphatic carbocycles. The zero-order chi connectivity index (χ0) is 41.1.